The zero-order chi connectivity index (χ0) is 18.4. The number of hydrogen-bond donors (Lipinski definition) is 1. The van der Waals surface area contributed by atoms with Crippen LogP contribution in [-0.4, -0.2) is 25.8 Å². The first-order valence-electron chi connectivity index (χ1n) is 9.09. The molecule has 0 aliphatic carbocycles. The van der Waals surface area contributed by atoms with E-state index in [4.69, 9.17) is 4.74 Å². The molecule has 1 N–H and O–H groups in total. The molecule has 1 atom stereocenters. The Morgan fingerprint density at radius 1 is 1.15 bits per heavy atom. The molecule has 0 saturated heterocycles. The summed E-state index contributed by atoms with van der Waals surface area (Å²) in [6.45, 7) is 4.87. The maximum Gasteiger partial charge on any atom is 0.197 e. The van der Waals surface area contributed by atoms with Crippen molar-refractivity contribution in [2.24, 2.45) is 0 Å². The van der Waals surface area contributed by atoms with E-state index in [9.17, 15) is 4.21 Å². The van der Waals surface area contributed by atoms with Gasteiger partial charge in [0, 0.05) is 11.8 Å². The highest BCUT2D eigenvalue weighted by Gasteiger charge is 2.14. The van der Waals surface area contributed by atoms with E-state index in [-0.39, 0.29) is 0 Å². The minimum absolute atomic E-state index is 0.318. The molecule has 2 aromatic heterocycles. The van der Waals surface area contributed by atoms with Gasteiger partial charge in [0.05, 0.1) is 39.9 Å². The summed E-state index contributed by atoms with van der Waals surface area (Å²) in [7, 11) is -1.28. The van der Waals surface area contributed by atoms with E-state index in [1.807, 2.05) is 37.3 Å². The number of unbranched alkanes of at least 4 members (excludes halogenated alkanes) is 3. The smallest absolute Gasteiger partial charge is 0.197 e. The van der Waals surface area contributed by atoms with Gasteiger partial charge in [0.2, 0.25) is 0 Å². The van der Waals surface area contributed by atoms with Gasteiger partial charge in [-0.3, -0.25) is 9.19 Å². The highest BCUT2D eigenvalue weighted by Crippen LogP contribution is 2.22. The van der Waals surface area contributed by atoms with E-state index in [1.54, 1.807) is 6.20 Å². The summed E-state index contributed by atoms with van der Waals surface area (Å²) in [6, 6.07) is 9.56. The molecule has 2 heterocycles. The van der Waals surface area contributed by atoms with Gasteiger partial charge in [-0.15, -0.1) is 0 Å². The molecule has 26 heavy (non-hydrogen) atoms. The maximum atomic E-state index is 12.7. The Kier molecular flexibility index (Phi) is 6.39. The fourth-order valence-electron chi connectivity index (χ4n) is 2.80. The van der Waals surface area contributed by atoms with Crippen LogP contribution in [0.2, 0.25) is 0 Å². The first kappa shape index (κ1) is 18.6. The van der Waals surface area contributed by atoms with Gasteiger partial charge >= 0.3 is 0 Å². The number of aromatic nitrogens is 3. The minimum atomic E-state index is -1.28. The second kappa shape index (κ2) is 8.94. The minimum Gasteiger partial charge on any atom is -0.493 e. The number of rotatable bonds is 9. The summed E-state index contributed by atoms with van der Waals surface area (Å²) < 4.78 is 18.6. The number of fused-ring (bicyclic) bond motifs is 1. The van der Waals surface area contributed by atoms with E-state index < -0.39 is 10.8 Å². The molecule has 0 amide bonds. The summed E-state index contributed by atoms with van der Waals surface area (Å²) in [5.74, 6) is 1.15. The maximum absolute atomic E-state index is 12.7. The molecule has 0 saturated carbocycles. The summed E-state index contributed by atoms with van der Waals surface area (Å²) >= 11 is 0. The zero-order valence-electron chi connectivity index (χ0n) is 15.3. The third-order valence-electron chi connectivity index (χ3n) is 4.37. The number of para-hydroxylation sites is 2. The highest BCUT2D eigenvalue weighted by atomic mass is 32.2. The SMILES string of the molecule is CCCCCCOc1ccnc(CS(=O)c2nc3ccccc3[nH]2)c1C. The molecule has 0 spiro atoms. The number of hydrogen-bond acceptors (Lipinski definition) is 4. The van der Waals surface area contributed by atoms with Crippen molar-refractivity contribution in [3.8, 4) is 5.75 Å². The average Bonchev–Trinajstić information content (AvgIpc) is 3.09. The van der Waals surface area contributed by atoms with Crippen molar-refractivity contribution < 1.29 is 8.95 Å². The number of pyridine rings is 1. The second-order valence-electron chi connectivity index (χ2n) is 6.34. The second-order valence-corrected chi connectivity index (χ2v) is 7.71. The molecule has 0 fully saturated rings. The largest absolute Gasteiger partial charge is 0.493 e. The number of nitrogens with one attached hydrogen (secondary N) is 1. The molecule has 6 heteroatoms. The number of ether oxygens (including phenoxy) is 1. The molecular formula is C20H25N3O2S. The summed E-state index contributed by atoms with van der Waals surface area (Å²) in [5.41, 5.74) is 3.46. The molecule has 0 aliphatic heterocycles. The van der Waals surface area contributed by atoms with Gasteiger partial charge < -0.3 is 9.72 Å². The van der Waals surface area contributed by atoms with Crippen LogP contribution in [0.4, 0.5) is 0 Å². The molecular weight excluding hydrogens is 346 g/mol. The van der Waals surface area contributed by atoms with Crippen LogP contribution in [0.15, 0.2) is 41.7 Å². The Bertz CT molecular complexity index is 859. The topological polar surface area (TPSA) is 67.9 Å². The van der Waals surface area contributed by atoms with Crippen molar-refractivity contribution in [3.63, 3.8) is 0 Å². The normalized spacial score (nSPS) is 12.4. The Hall–Kier alpha value is -2.21. The highest BCUT2D eigenvalue weighted by molar-refractivity contribution is 7.84. The lowest BCUT2D eigenvalue weighted by atomic mass is 10.2. The molecule has 0 radical (unpaired) electrons. The monoisotopic (exact) mass is 371 g/mol. The summed E-state index contributed by atoms with van der Waals surface area (Å²) in [4.78, 5) is 12.0. The van der Waals surface area contributed by atoms with Gasteiger partial charge in [-0.25, -0.2) is 4.98 Å². The van der Waals surface area contributed by atoms with Gasteiger partial charge in [0.1, 0.15) is 5.75 Å². The first-order valence-corrected chi connectivity index (χ1v) is 10.4. The van der Waals surface area contributed by atoms with Gasteiger partial charge in [0.15, 0.2) is 5.16 Å². The van der Waals surface area contributed by atoms with E-state index in [1.165, 1.54) is 19.3 Å². The van der Waals surface area contributed by atoms with Gasteiger partial charge in [-0.1, -0.05) is 38.3 Å². The fraction of sp³-hybridized carbons (Fsp3) is 0.400. The number of aromatic amines is 1. The number of benzene rings is 1. The van der Waals surface area contributed by atoms with Crippen LogP contribution in [0.1, 0.15) is 43.9 Å². The lowest BCUT2D eigenvalue weighted by Gasteiger charge is -2.11. The van der Waals surface area contributed by atoms with Crippen LogP contribution < -0.4 is 4.74 Å². The number of nitrogens with zero attached hydrogens (tertiary/aromatic N) is 2. The molecule has 138 valence electrons. The van der Waals surface area contributed by atoms with Crippen LogP contribution in [0.5, 0.6) is 5.75 Å². The van der Waals surface area contributed by atoms with Crippen molar-refractivity contribution in [1.29, 1.82) is 0 Å². The molecule has 1 unspecified atom stereocenters. The van der Waals surface area contributed by atoms with E-state index in [2.05, 4.69) is 21.9 Å². The predicted octanol–water partition coefficient (Wildman–Crippen LogP) is 4.53. The number of imidazole rings is 1. The van der Waals surface area contributed by atoms with Crippen molar-refractivity contribution in [3.05, 3.63) is 47.8 Å². The van der Waals surface area contributed by atoms with Crippen molar-refractivity contribution in [2.75, 3.05) is 6.61 Å². The standard InChI is InChI=1S/C20H25N3O2S/c1-3-4-5-8-13-25-19-11-12-21-18(15(19)2)14-26(24)20-22-16-9-6-7-10-17(16)23-20/h6-7,9-12H,3-5,8,13-14H2,1-2H3,(H,22,23). The van der Waals surface area contributed by atoms with Crippen molar-refractivity contribution in [1.82, 2.24) is 15.0 Å². The lowest BCUT2D eigenvalue weighted by Crippen LogP contribution is -2.05. The van der Waals surface area contributed by atoms with E-state index >= 15 is 0 Å². The Morgan fingerprint density at radius 2 is 2.00 bits per heavy atom. The zero-order valence-corrected chi connectivity index (χ0v) is 16.1. The molecule has 0 aliphatic rings. The van der Waals surface area contributed by atoms with Gasteiger partial charge in [0.25, 0.3) is 0 Å². The van der Waals surface area contributed by atoms with Crippen LogP contribution in [0.3, 0.4) is 0 Å². The summed E-state index contributed by atoms with van der Waals surface area (Å²) in [6.07, 6.45) is 6.41. The van der Waals surface area contributed by atoms with Crippen LogP contribution >= 0.6 is 0 Å². The number of H-pyrrole nitrogens is 1. The fourth-order valence-corrected chi connectivity index (χ4v) is 3.90. The molecule has 5 nitrogen and oxygen atoms in total. The van der Waals surface area contributed by atoms with E-state index in [0.29, 0.717) is 17.5 Å². The predicted molar refractivity (Wildman–Crippen MR) is 105 cm³/mol. The third kappa shape index (κ3) is 4.49. The van der Waals surface area contributed by atoms with Crippen LogP contribution in [0, 0.1) is 6.92 Å². The van der Waals surface area contributed by atoms with Crippen LogP contribution in [0.25, 0.3) is 11.0 Å². The first-order chi connectivity index (χ1) is 12.7. The third-order valence-corrected chi connectivity index (χ3v) is 5.53. The molecule has 1 aromatic carbocycles. The Morgan fingerprint density at radius 3 is 2.81 bits per heavy atom. The van der Waals surface area contributed by atoms with E-state index in [0.717, 1.165) is 34.5 Å². The Labute approximate surface area is 156 Å². The van der Waals surface area contributed by atoms with Crippen molar-refractivity contribution >= 4 is 21.8 Å². The quantitative estimate of drug-likeness (QED) is 0.561. The van der Waals surface area contributed by atoms with Crippen LogP contribution in [-0.2, 0) is 16.6 Å². The molecule has 0 bridgehead atoms. The molecule has 3 rings (SSSR count). The van der Waals surface area contributed by atoms with Gasteiger partial charge in [-0.2, -0.15) is 0 Å². The Balaban J connectivity index is 1.67. The van der Waals surface area contributed by atoms with Crippen molar-refractivity contribution in [2.45, 2.75) is 50.4 Å². The lowest BCUT2D eigenvalue weighted by molar-refractivity contribution is 0.302. The van der Waals surface area contributed by atoms with Gasteiger partial charge in [-0.05, 0) is 31.5 Å². The molecule has 3 aromatic rings. The summed E-state index contributed by atoms with van der Waals surface area (Å²) in [5, 5.41) is 0.485. The average molecular weight is 372 g/mol.